The monoisotopic (exact) mass is 261 g/mol. The van der Waals surface area contributed by atoms with Crippen LogP contribution in [0.15, 0.2) is 0 Å². The van der Waals surface area contributed by atoms with E-state index in [9.17, 15) is 8.42 Å². The van der Waals surface area contributed by atoms with E-state index in [4.69, 9.17) is 8.37 Å². The molecule has 0 radical (unpaired) electrons. The molecule has 0 aliphatic carbocycles. The van der Waals surface area contributed by atoms with E-state index in [0.717, 1.165) is 12.8 Å². The lowest BCUT2D eigenvalue weighted by molar-refractivity contribution is 0.0278. The summed E-state index contributed by atoms with van der Waals surface area (Å²) in [5, 5.41) is 0. The second-order valence-corrected chi connectivity index (χ2v) is 6.81. The van der Waals surface area contributed by atoms with Crippen molar-refractivity contribution in [3.8, 4) is 0 Å². The van der Waals surface area contributed by atoms with Gasteiger partial charge in [-0.1, -0.05) is 0 Å². The highest BCUT2D eigenvalue weighted by Crippen LogP contribution is 2.41. The highest BCUT2D eigenvalue weighted by atomic mass is 32.3. The van der Waals surface area contributed by atoms with Crippen LogP contribution in [0.4, 0.5) is 0 Å². The Bertz CT molecular complexity index is 368. The number of piperidine rings is 1. The first-order valence-corrected chi connectivity index (χ1v) is 7.64. The molecule has 3 rings (SSSR count). The first-order chi connectivity index (χ1) is 8.05. The summed E-state index contributed by atoms with van der Waals surface area (Å²) >= 11 is 0. The van der Waals surface area contributed by atoms with Gasteiger partial charge in [-0.05, 0) is 38.6 Å². The smallest absolute Gasteiger partial charge is 0.300 e. The van der Waals surface area contributed by atoms with Crippen LogP contribution in [0.2, 0.25) is 0 Å². The van der Waals surface area contributed by atoms with Crippen molar-refractivity contribution in [2.75, 3.05) is 20.3 Å². The molecule has 2 unspecified atom stereocenters. The fourth-order valence-corrected chi connectivity index (χ4v) is 4.29. The molecule has 0 aromatic rings. The fraction of sp³-hybridized carbons (Fsp3) is 1.00. The summed E-state index contributed by atoms with van der Waals surface area (Å²) < 4.78 is 31.6. The predicted molar refractivity (Wildman–Crippen MR) is 61.6 cm³/mol. The molecule has 3 aliphatic rings. The van der Waals surface area contributed by atoms with Gasteiger partial charge in [0.2, 0.25) is 0 Å². The first kappa shape index (κ1) is 11.9. The lowest BCUT2D eigenvalue weighted by Gasteiger charge is -2.40. The minimum atomic E-state index is -3.69. The van der Waals surface area contributed by atoms with Gasteiger partial charge in [0.1, 0.15) is 0 Å². The lowest BCUT2D eigenvalue weighted by Crippen LogP contribution is -2.44. The van der Waals surface area contributed by atoms with Crippen molar-refractivity contribution in [3.05, 3.63) is 0 Å². The molecule has 17 heavy (non-hydrogen) atoms. The molecule has 3 heterocycles. The van der Waals surface area contributed by atoms with E-state index < -0.39 is 10.4 Å². The van der Waals surface area contributed by atoms with Gasteiger partial charge in [0, 0.05) is 18.0 Å². The summed E-state index contributed by atoms with van der Waals surface area (Å²) in [4.78, 5) is 2.48. The molecule has 0 spiro atoms. The van der Waals surface area contributed by atoms with Crippen LogP contribution in [-0.2, 0) is 18.8 Å². The Balaban J connectivity index is 1.64. The standard InChI is InChI=1S/C11H19NO4S/c1-12-10-2-3-11(12)5-8(4-10)9-6-15-17(13,14)16-7-9/h8-11H,2-7H2,1H3. The van der Waals surface area contributed by atoms with Crippen molar-refractivity contribution in [2.45, 2.75) is 37.8 Å². The molecule has 3 aliphatic heterocycles. The summed E-state index contributed by atoms with van der Waals surface area (Å²) in [5.74, 6) is 0.800. The molecule has 0 saturated carbocycles. The maximum Gasteiger partial charge on any atom is 0.399 e. The number of hydrogen-bond acceptors (Lipinski definition) is 5. The Kier molecular flexibility index (Phi) is 2.93. The van der Waals surface area contributed by atoms with Crippen LogP contribution < -0.4 is 0 Å². The third-order valence-corrected chi connectivity index (χ3v) is 5.50. The van der Waals surface area contributed by atoms with Gasteiger partial charge in [-0.3, -0.25) is 0 Å². The molecule has 6 heteroatoms. The third-order valence-electron chi connectivity index (χ3n) is 4.65. The van der Waals surface area contributed by atoms with Crippen molar-refractivity contribution in [3.63, 3.8) is 0 Å². The molecule has 0 N–H and O–H groups in total. The second kappa shape index (κ2) is 4.19. The first-order valence-electron chi connectivity index (χ1n) is 6.31. The Morgan fingerprint density at radius 2 is 1.53 bits per heavy atom. The number of nitrogens with zero attached hydrogens (tertiary/aromatic N) is 1. The Morgan fingerprint density at radius 3 is 2.06 bits per heavy atom. The van der Waals surface area contributed by atoms with Crippen LogP contribution in [0.3, 0.4) is 0 Å². The molecule has 0 amide bonds. The van der Waals surface area contributed by atoms with Gasteiger partial charge in [0.25, 0.3) is 0 Å². The minimum Gasteiger partial charge on any atom is -0.300 e. The molecule has 0 aromatic carbocycles. The maximum absolute atomic E-state index is 11.0. The van der Waals surface area contributed by atoms with E-state index in [2.05, 4.69) is 11.9 Å². The van der Waals surface area contributed by atoms with Crippen LogP contribution in [0.5, 0.6) is 0 Å². The number of fused-ring (bicyclic) bond motifs is 2. The molecular weight excluding hydrogens is 242 g/mol. The normalized spacial score (nSPS) is 42.8. The van der Waals surface area contributed by atoms with E-state index in [1.165, 1.54) is 12.8 Å². The van der Waals surface area contributed by atoms with E-state index in [1.807, 2.05) is 0 Å². The van der Waals surface area contributed by atoms with Crippen LogP contribution in [0.25, 0.3) is 0 Å². The molecule has 2 atom stereocenters. The summed E-state index contributed by atoms with van der Waals surface area (Å²) in [6, 6.07) is 1.36. The van der Waals surface area contributed by atoms with E-state index in [1.54, 1.807) is 0 Å². The Labute approximate surface area is 102 Å². The molecule has 5 nitrogen and oxygen atoms in total. The minimum absolute atomic E-state index is 0.246. The maximum atomic E-state index is 11.0. The van der Waals surface area contributed by atoms with Crippen LogP contribution in [0.1, 0.15) is 25.7 Å². The highest BCUT2D eigenvalue weighted by molar-refractivity contribution is 7.81. The van der Waals surface area contributed by atoms with Gasteiger partial charge >= 0.3 is 10.4 Å². The number of rotatable bonds is 1. The quantitative estimate of drug-likeness (QED) is 0.698. The largest absolute Gasteiger partial charge is 0.399 e. The van der Waals surface area contributed by atoms with Crippen molar-refractivity contribution in [1.29, 1.82) is 0 Å². The second-order valence-electron chi connectivity index (χ2n) is 5.52. The summed E-state index contributed by atoms with van der Waals surface area (Å²) in [7, 11) is -1.48. The van der Waals surface area contributed by atoms with Crippen molar-refractivity contribution in [2.24, 2.45) is 11.8 Å². The average molecular weight is 261 g/mol. The average Bonchev–Trinajstić information content (AvgIpc) is 2.52. The highest BCUT2D eigenvalue weighted by Gasteiger charge is 2.42. The molecule has 98 valence electrons. The van der Waals surface area contributed by atoms with Gasteiger partial charge in [-0.15, -0.1) is 0 Å². The zero-order valence-electron chi connectivity index (χ0n) is 10.0. The molecule has 2 bridgehead atoms. The third kappa shape index (κ3) is 2.23. The number of hydrogen-bond donors (Lipinski definition) is 0. The van der Waals surface area contributed by atoms with Crippen molar-refractivity contribution >= 4 is 10.4 Å². The van der Waals surface area contributed by atoms with E-state index in [-0.39, 0.29) is 5.92 Å². The molecular formula is C11H19NO4S. The zero-order chi connectivity index (χ0) is 12.0. The molecule has 3 saturated heterocycles. The molecule has 3 fully saturated rings. The van der Waals surface area contributed by atoms with Crippen LogP contribution in [-0.4, -0.2) is 45.7 Å². The van der Waals surface area contributed by atoms with Gasteiger partial charge in [-0.25, -0.2) is 8.37 Å². The zero-order valence-corrected chi connectivity index (χ0v) is 10.9. The van der Waals surface area contributed by atoms with Crippen LogP contribution in [0, 0.1) is 11.8 Å². The van der Waals surface area contributed by atoms with E-state index in [0.29, 0.717) is 31.2 Å². The molecule has 0 aromatic heterocycles. The lowest BCUT2D eigenvalue weighted by atomic mass is 9.81. The SMILES string of the molecule is CN1C2CCC1CC(C1COS(=O)(=O)OC1)C2. The van der Waals surface area contributed by atoms with Gasteiger partial charge < -0.3 is 4.90 Å². The van der Waals surface area contributed by atoms with Gasteiger partial charge in [0.15, 0.2) is 0 Å². The topological polar surface area (TPSA) is 55.8 Å². The van der Waals surface area contributed by atoms with Gasteiger partial charge in [0.05, 0.1) is 13.2 Å². The van der Waals surface area contributed by atoms with Gasteiger partial charge in [-0.2, -0.15) is 8.42 Å². The summed E-state index contributed by atoms with van der Waals surface area (Å²) in [6.07, 6.45) is 4.88. The predicted octanol–water partition coefficient (Wildman–Crippen LogP) is 0.767. The van der Waals surface area contributed by atoms with Crippen molar-refractivity contribution < 1.29 is 16.8 Å². The summed E-state index contributed by atoms with van der Waals surface area (Å²) in [6.45, 7) is 0.603. The Hall–Kier alpha value is -0.170. The summed E-state index contributed by atoms with van der Waals surface area (Å²) in [5.41, 5.74) is 0. The Morgan fingerprint density at radius 1 is 1.00 bits per heavy atom. The fourth-order valence-electron chi connectivity index (χ4n) is 3.53. The van der Waals surface area contributed by atoms with Crippen LogP contribution >= 0.6 is 0 Å². The van der Waals surface area contributed by atoms with Crippen molar-refractivity contribution in [1.82, 2.24) is 4.90 Å². The van der Waals surface area contributed by atoms with E-state index >= 15 is 0 Å².